The van der Waals surface area contributed by atoms with Gasteiger partial charge in [0.15, 0.2) is 6.61 Å². The topological polar surface area (TPSA) is 61.9 Å². The molecule has 1 aromatic carbocycles. The number of halogens is 2. The molecule has 0 radical (unpaired) electrons. The fourth-order valence-electron chi connectivity index (χ4n) is 2.99. The van der Waals surface area contributed by atoms with E-state index in [1.54, 1.807) is 4.90 Å². The van der Waals surface area contributed by atoms with Crippen LogP contribution in [-0.2, 0) is 9.59 Å². The second-order valence-electron chi connectivity index (χ2n) is 5.84. The Hall–Kier alpha value is -1.31. The number of carbonyl (C=O) groups is 2. The Morgan fingerprint density at radius 3 is 3.00 bits per heavy atom. The molecule has 0 aromatic heterocycles. The van der Waals surface area contributed by atoms with Gasteiger partial charge in [-0.1, -0.05) is 15.9 Å². The van der Waals surface area contributed by atoms with E-state index in [1.807, 2.05) is 30.0 Å². The van der Waals surface area contributed by atoms with Crippen molar-refractivity contribution in [1.29, 1.82) is 0 Å². The number of rotatable bonds is 3. The van der Waals surface area contributed by atoms with E-state index in [4.69, 9.17) is 4.74 Å². The van der Waals surface area contributed by atoms with Crippen molar-refractivity contribution >= 4 is 45.8 Å². The Balaban J connectivity index is 0.00000208. The molecule has 0 unspecified atom stereocenters. The predicted octanol–water partition coefficient (Wildman–Crippen LogP) is 1.81. The van der Waals surface area contributed by atoms with Crippen LogP contribution in [0.3, 0.4) is 0 Å². The van der Waals surface area contributed by atoms with Crippen LogP contribution in [0.15, 0.2) is 22.7 Å². The van der Waals surface area contributed by atoms with Crippen molar-refractivity contribution in [2.45, 2.75) is 19.4 Å². The first kappa shape index (κ1) is 19.0. The third-order valence-electron chi connectivity index (χ3n) is 4.24. The third kappa shape index (κ3) is 4.02. The van der Waals surface area contributed by atoms with E-state index in [0.717, 1.165) is 29.8 Å². The molecule has 2 aliphatic heterocycles. The number of piperazine rings is 1. The smallest absolute Gasteiger partial charge is 0.265 e. The zero-order valence-corrected chi connectivity index (χ0v) is 15.9. The highest BCUT2D eigenvalue weighted by Gasteiger charge is 2.28. The number of amides is 2. The van der Waals surface area contributed by atoms with Crippen LogP contribution in [-0.4, -0.2) is 55.5 Å². The minimum Gasteiger partial charge on any atom is -0.482 e. The number of nitrogens with one attached hydrogen (secondary N) is 1. The largest absolute Gasteiger partial charge is 0.482 e. The highest BCUT2D eigenvalue weighted by Crippen LogP contribution is 2.34. The number of anilines is 1. The Morgan fingerprint density at radius 2 is 2.25 bits per heavy atom. The van der Waals surface area contributed by atoms with Crippen LogP contribution in [0.5, 0.6) is 5.75 Å². The van der Waals surface area contributed by atoms with Crippen LogP contribution in [0.25, 0.3) is 0 Å². The van der Waals surface area contributed by atoms with Crippen molar-refractivity contribution in [2.75, 3.05) is 37.7 Å². The van der Waals surface area contributed by atoms with Gasteiger partial charge in [-0.25, -0.2) is 0 Å². The average molecular weight is 419 g/mol. The van der Waals surface area contributed by atoms with E-state index in [2.05, 4.69) is 21.2 Å². The van der Waals surface area contributed by atoms with Crippen LogP contribution < -0.4 is 15.0 Å². The number of fused-ring (bicyclic) bond motifs is 1. The van der Waals surface area contributed by atoms with Crippen LogP contribution in [0.2, 0.25) is 0 Å². The molecule has 0 aliphatic carbocycles. The van der Waals surface area contributed by atoms with Crippen LogP contribution in [0.1, 0.15) is 13.3 Å². The van der Waals surface area contributed by atoms with Gasteiger partial charge in [0.25, 0.3) is 5.91 Å². The van der Waals surface area contributed by atoms with Gasteiger partial charge in [0.1, 0.15) is 5.75 Å². The van der Waals surface area contributed by atoms with Gasteiger partial charge in [-0.05, 0) is 25.1 Å². The monoisotopic (exact) mass is 417 g/mol. The molecular formula is C16H21BrClN3O3. The molecule has 3 rings (SSSR count). The van der Waals surface area contributed by atoms with Crippen molar-refractivity contribution in [3.8, 4) is 5.75 Å². The maximum absolute atomic E-state index is 12.4. The van der Waals surface area contributed by atoms with Gasteiger partial charge in [-0.15, -0.1) is 12.4 Å². The molecule has 1 fully saturated rings. The Morgan fingerprint density at radius 1 is 1.46 bits per heavy atom. The molecule has 0 spiro atoms. The van der Waals surface area contributed by atoms with E-state index in [1.165, 1.54) is 0 Å². The van der Waals surface area contributed by atoms with Gasteiger partial charge in [-0.3, -0.25) is 9.59 Å². The molecule has 1 atom stereocenters. The maximum Gasteiger partial charge on any atom is 0.265 e. The molecule has 1 saturated heterocycles. The fraction of sp³-hybridized carbons (Fsp3) is 0.500. The molecule has 1 N–H and O–H groups in total. The lowest BCUT2D eigenvalue weighted by atomic mass is 10.2. The van der Waals surface area contributed by atoms with Crippen molar-refractivity contribution in [3.05, 3.63) is 22.7 Å². The van der Waals surface area contributed by atoms with E-state index < -0.39 is 0 Å². The summed E-state index contributed by atoms with van der Waals surface area (Å²) in [6, 6.07) is 5.75. The quantitative estimate of drug-likeness (QED) is 0.813. The Labute approximate surface area is 156 Å². The summed E-state index contributed by atoms with van der Waals surface area (Å²) >= 11 is 3.40. The van der Waals surface area contributed by atoms with Gasteiger partial charge in [-0.2, -0.15) is 0 Å². The lowest BCUT2D eigenvalue weighted by molar-refractivity contribution is -0.133. The molecule has 8 heteroatoms. The van der Waals surface area contributed by atoms with Crippen molar-refractivity contribution in [2.24, 2.45) is 0 Å². The summed E-state index contributed by atoms with van der Waals surface area (Å²) in [5.41, 5.74) is 0.727. The first-order valence-electron chi connectivity index (χ1n) is 7.79. The van der Waals surface area contributed by atoms with Gasteiger partial charge in [0.05, 0.1) is 5.69 Å². The van der Waals surface area contributed by atoms with E-state index in [-0.39, 0.29) is 36.9 Å². The molecule has 2 amide bonds. The molecule has 24 heavy (non-hydrogen) atoms. The van der Waals surface area contributed by atoms with Gasteiger partial charge in [0.2, 0.25) is 5.91 Å². The number of nitrogens with zero attached hydrogens (tertiary/aromatic N) is 2. The minimum absolute atomic E-state index is 0. The number of hydrogen-bond donors (Lipinski definition) is 1. The number of ether oxygens (including phenoxy) is 1. The zero-order chi connectivity index (χ0) is 16.4. The number of carbonyl (C=O) groups excluding carboxylic acids is 2. The molecule has 0 bridgehead atoms. The first-order chi connectivity index (χ1) is 11.1. The summed E-state index contributed by atoms with van der Waals surface area (Å²) in [5.74, 6) is 0.653. The summed E-state index contributed by atoms with van der Waals surface area (Å²) in [4.78, 5) is 28.1. The van der Waals surface area contributed by atoms with E-state index >= 15 is 0 Å². The van der Waals surface area contributed by atoms with Crippen LogP contribution >= 0.6 is 28.3 Å². The van der Waals surface area contributed by atoms with Gasteiger partial charge in [0, 0.05) is 43.1 Å². The fourth-order valence-corrected chi connectivity index (χ4v) is 3.33. The van der Waals surface area contributed by atoms with Crippen LogP contribution in [0, 0.1) is 0 Å². The second-order valence-corrected chi connectivity index (χ2v) is 6.75. The summed E-state index contributed by atoms with van der Waals surface area (Å²) < 4.78 is 6.36. The standard InChI is InChI=1S/C16H20BrN3O3.ClH/c1-11-9-18-5-7-19(11)15(21)4-6-20-13-3-2-12(17)8-14(13)23-10-16(20)22;/h2-3,8,11,18H,4-7,9-10H2,1H3;1H/t11-;/m1./s1. The molecular weight excluding hydrogens is 398 g/mol. The molecule has 6 nitrogen and oxygen atoms in total. The van der Waals surface area contributed by atoms with Crippen LogP contribution in [0.4, 0.5) is 5.69 Å². The molecule has 2 aliphatic rings. The highest BCUT2D eigenvalue weighted by atomic mass is 79.9. The van der Waals surface area contributed by atoms with Crippen molar-refractivity contribution < 1.29 is 14.3 Å². The molecule has 0 saturated carbocycles. The van der Waals surface area contributed by atoms with Gasteiger partial charge >= 0.3 is 0 Å². The molecule has 2 heterocycles. The maximum atomic E-state index is 12.4. The molecule has 132 valence electrons. The number of benzene rings is 1. The molecule has 1 aromatic rings. The summed E-state index contributed by atoms with van der Waals surface area (Å²) in [6.07, 6.45) is 0.325. The lowest BCUT2D eigenvalue weighted by Gasteiger charge is -2.35. The normalized spacial score (nSPS) is 20.1. The van der Waals surface area contributed by atoms with Crippen molar-refractivity contribution in [3.63, 3.8) is 0 Å². The van der Waals surface area contributed by atoms with Gasteiger partial charge < -0.3 is 19.9 Å². The van der Waals surface area contributed by atoms with E-state index in [9.17, 15) is 9.59 Å². The summed E-state index contributed by atoms with van der Waals surface area (Å²) in [7, 11) is 0. The van der Waals surface area contributed by atoms with Crippen molar-refractivity contribution in [1.82, 2.24) is 10.2 Å². The average Bonchev–Trinajstić information content (AvgIpc) is 2.54. The third-order valence-corrected chi connectivity index (χ3v) is 4.73. The number of hydrogen-bond acceptors (Lipinski definition) is 4. The highest BCUT2D eigenvalue weighted by molar-refractivity contribution is 9.10. The predicted molar refractivity (Wildman–Crippen MR) is 97.9 cm³/mol. The Bertz CT molecular complexity index is 629. The zero-order valence-electron chi connectivity index (χ0n) is 13.5. The van der Waals surface area contributed by atoms with E-state index in [0.29, 0.717) is 18.7 Å². The Kier molecular flexibility index (Phi) is 6.48. The SMILES string of the molecule is C[C@@H]1CNCCN1C(=O)CCN1C(=O)COc2cc(Br)ccc21.Cl. The lowest BCUT2D eigenvalue weighted by Crippen LogP contribution is -2.53. The first-order valence-corrected chi connectivity index (χ1v) is 8.58. The minimum atomic E-state index is -0.110. The second kappa shape index (κ2) is 8.18. The summed E-state index contributed by atoms with van der Waals surface area (Å²) in [5, 5.41) is 3.27. The summed E-state index contributed by atoms with van der Waals surface area (Å²) in [6.45, 7) is 4.80.